The SMILES string of the molecule is CC1(C)C[C@H]2[C@@H](CC[C@@]2(C)O)[C@]2(C)CC2[C@H]1O. The number of hydrogen-bond donors (Lipinski definition) is 2. The van der Waals surface area contributed by atoms with Crippen molar-refractivity contribution in [2.75, 3.05) is 0 Å². The van der Waals surface area contributed by atoms with Crippen molar-refractivity contribution in [3.63, 3.8) is 0 Å². The molecule has 0 radical (unpaired) electrons. The topological polar surface area (TPSA) is 40.5 Å². The molecule has 0 aromatic rings. The maximum atomic E-state index is 10.6. The van der Waals surface area contributed by atoms with Gasteiger partial charge in [0.05, 0.1) is 11.7 Å². The maximum Gasteiger partial charge on any atom is 0.0651 e. The zero-order valence-electron chi connectivity index (χ0n) is 11.5. The summed E-state index contributed by atoms with van der Waals surface area (Å²) in [6.07, 6.45) is 4.03. The summed E-state index contributed by atoms with van der Waals surface area (Å²) in [7, 11) is 0. The van der Waals surface area contributed by atoms with Crippen molar-refractivity contribution in [1.29, 1.82) is 0 Å². The van der Waals surface area contributed by atoms with E-state index in [2.05, 4.69) is 20.8 Å². The van der Waals surface area contributed by atoms with Crippen LogP contribution in [0.1, 0.15) is 53.4 Å². The number of hydrogen-bond acceptors (Lipinski definition) is 2. The first-order valence-electron chi connectivity index (χ1n) is 7.09. The van der Waals surface area contributed by atoms with Gasteiger partial charge < -0.3 is 10.2 Å². The average molecular weight is 238 g/mol. The molecule has 3 rings (SSSR count). The van der Waals surface area contributed by atoms with Gasteiger partial charge >= 0.3 is 0 Å². The highest BCUT2D eigenvalue weighted by atomic mass is 16.3. The van der Waals surface area contributed by atoms with Crippen molar-refractivity contribution >= 4 is 0 Å². The molecule has 0 amide bonds. The average Bonchev–Trinajstić information content (AvgIpc) is 2.79. The molecule has 2 nitrogen and oxygen atoms in total. The monoisotopic (exact) mass is 238 g/mol. The fourth-order valence-corrected chi connectivity index (χ4v) is 4.96. The van der Waals surface area contributed by atoms with E-state index < -0.39 is 5.60 Å². The summed E-state index contributed by atoms with van der Waals surface area (Å²) in [6, 6.07) is 0. The van der Waals surface area contributed by atoms with Crippen molar-refractivity contribution in [3.05, 3.63) is 0 Å². The standard InChI is InChI=1S/C15H26O2/c1-13(2)7-10-9(5-6-15(10,4)17)14(3)8-11(14)12(13)16/h9-12,16-17H,5-8H2,1-4H3/t9-,10+,11?,12-,14+,15-/m1/s1. The minimum Gasteiger partial charge on any atom is -0.392 e. The van der Waals surface area contributed by atoms with Gasteiger partial charge in [0.2, 0.25) is 0 Å². The predicted octanol–water partition coefficient (Wildman–Crippen LogP) is 2.58. The Morgan fingerprint density at radius 3 is 2.24 bits per heavy atom. The highest BCUT2D eigenvalue weighted by Crippen LogP contribution is 2.70. The predicted molar refractivity (Wildman–Crippen MR) is 67.5 cm³/mol. The number of aliphatic hydroxyl groups is 2. The van der Waals surface area contributed by atoms with Gasteiger partial charge in [0.15, 0.2) is 0 Å². The van der Waals surface area contributed by atoms with Crippen LogP contribution < -0.4 is 0 Å². The molecule has 2 N–H and O–H groups in total. The third-order valence-electron chi connectivity index (χ3n) is 6.37. The Morgan fingerprint density at radius 1 is 0.941 bits per heavy atom. The minimum absolute atomic E-state index is 0.0455. The Bertz CT molecular complexity index is 347. The van der Waals surface area contributed by atoms with E-state index in [4.69, 9.17) is 0 Å². The molecule has 0 bridgehead atoms. The lowest BCUT2D eigenvalue weighted by atomic mass is 9.72. The van der Waals surface area contributed by atoms with Crippen molar-refractivity contribution in [2.24, 2.45) is 28.6 Å². The second-order valence-corrected chi connectivity index (χ2v) is 8.06. The zero-order valence-corrected chi connectivity index (χ0v) is 11.5. The summed E-state index contributed by atoms with van der Waals surface area (Å²) in [4.78, 5) is 0. The van der Waals surface area contributed by atoms with E-state index >= 15 is 0 Å². The molecule has 0 spiro atoms. The molecule has 0 heterocycles. The molecular weight excluding hydrogens is 212 g/mol. The smallest absolute Gasteiger partial charge is 0.0651 e. The van der Waals surface area contributed by atoms with Crippen molar-refractivity contribution in [3.8, 4) is 0 Å². The van der Waals surface area contributed by atoms with Gasteiger partial charge in [-0.05, 0) is 61.2 Å². The highest BCUT2D eigenvalue weighted by molar-refractivity contribution is 5.16. The summed E-state index contributed by atoms with van der Waals surface area (Å²) in [5, 5.41) is 21.1. The van der Waals surface area contributed by atoms with Gasteiger partial charge in [0.25, 0.3) is 0 Å². The van der Waals surface area contributed by atoms with Crippen LogP contribution in [0, 0.1) is 28.6 Å². The molecule has 0 aliphatic heterocycles. The third kappa shape index (κ3) is 1.46. The molecule has 3 saturated carbocycles. The lowest BCUT2D eigenvalue weighted by molar-refractivity contribution is -0.0314. The number of rotatable bonds is 0. The zero-order chi connectivity index (χ0) is 12.6. The second-order valence-electron chi connectivity index (χ2n) is 8.06. The Labute approximate surface area is 104 Å². The van der Waals surface area contributed by atoms with Crippen molar-refractivity contribution < 1.29 is 10.2 Å². The van der Waals surface area contributed by atoms with E-state index in [0.717, 1.165) is 25.7 Å². The van der Waals surface area contributed by atoms with Gasteiger partial charge in [-0.2, -0.15) is 0 Å². The van der Waals surface area contributed by atoms with Gasteiger partial charge in [0.1, 0.15) is 0 Å². The van der Waals surface area contributed by atoms with Crippen LogP contribution in [0.3, 0.4) is 0 Å². The lowest BCUT2D eigenvalue weighted by Crippen LogP contribution is -2.38. The molecule has 2 heteroatoms. The molecule has 3 aliphatic carbocycles. The van der Waals surface area contributed by atoms with Crippen LogP contribution in [-0.4, -0.2) is 21.9 Å². The van der Waals surface area contributed by atoms with Crippen molar-refractivity contribution in [2.45, 2.75) is 65.1 Å². The number of fused-ring (bicyclic) bond motifs is 3. The Morgan fingerprint density at radius 2 is 1.59 bits per heavy atom. The normalized spacial score (nSPS) is 60.4. The van der Waals surface area contributed by atoms with Crippen LogP contribution in [0.25, 0.3) is 0 Å². The van der Waals surface area contributed by atoms with Crippen molar-refractivity contribution in [1.82, 2.24) is 0 Å². The molecule has 0 aromatic carbocycles. The lowest BCUT2D eigenvalue weighted by Gasteiger charge is -2.37. The summed E-state index contributed by atoms with van der Waals surface area (Å²) in [5.41, 5.74) is -0.253. The molecule has 17 heavy (non-hydrogen) atoms. The first-order chi connectivity index (χ1) is 7.68. The molecule has 6 atom stereocenters. The van der Waals surface area contributed by atoms with E-state index in [1.807, 2.05) is 6.92 Å². The minimum atomic E-state index is -0.512. The molecule has 98 valence electrons. The van der Waals surface area contributed by atoms with E-state index in [1.165, 1.54) is 0 Å². The van der Waals surface area contributed by atoms with Crippen LogP contribution in [0.2, 0.25) is 0 Å². The van der Waals surface area contributed by atoms with Crippen LogP contribution in [0.5, 0.6) is 0 Å². The molecule has 3 fully saturated rings. The summed E-state index contributed by atoms with van der Waals surface area (Å²) in [6.45, 7) is 8.69. The molecule has 3 aliphatic rings. The summed E-state index contributed by atoms with van der Waals surface area (Å²) < 4.78 is 0. The van der Waals surface area contributed by atoms with Gasteiger partial charge in [-0.1, -0.05) is 20.8 Å². The van der Waals surface area contributed by atoms with Gasteiger partial charge in [-0.3, -0.25) is 0 Å². The van der Waals surface area contributed by atoms with E-state index in [0.29, 0.717) is 23.2 Å². The van der Waals surface area contributed by atoms with Crippen LogP contribution in [0.15, 0.2) is 0 Å². The van der Waals surface area contributed by atoms with Gasteiger partial charge in [-0.25, -0.2) is 0 Å². The third-order valence-corrected chi connectivity index (χ3v) is 6.37. The maximum absolute atomic E-state index is 10.6. The van der Waals surface area contributed by atoms with E-state index in [1.54, 1.807) is 0 Å². The highest BCUT2D eigenvalue weighted by Gasteiger charge is 2.67. The number of aliphatic hydroxyl groups excluding tert-OH is 1. The van der Waals surface area contributed by atoms with Crippen LogP contribution in [0.4, 0.5) is 0 Å². The van der Waals surface area contributed by atoms with E-state index in [-0.39, 0.29) is 11.5 Å². The molecule has 0 aromatic heterocycles. The molecular formula is C15H26O2. The second kappa shape index (κ2) is 3.08. The van der Waals surface area contributed by atoms with Crippen LogP contribution >= 0.6 is 0 Å². The molecule has 1 unspecified atom stereocenters. The largest absolute Gasteiger partial charge is 0.392 e. The first-order valence-corrected chi connectivity index (χ1v) is 7.09. The quantitative estimate of drug-likeness (QED) is 0.681. The van der Waals surface area contributed by atoms with Gasteiger partial charge in [-0.15, -0.1) is 0 Å². The summed E-state index contributed by atoms with van der Waals surface area (Å²) >= 11 is 0. The van der Waals surface area contributed by atoms with E-state index in [9.17, 15) is 10.2 Å². The van der Waals surface area contributed by atoms with Crippen LogP contribution in [-0.2, 0) is 0 Å². The molecule has 0 saturated heterocycles. The summed E-state index contributed by atoms with van der Waals surface area (Å²) in [5.74, 6) is 1.48. The Balaban J connectivity index is 2.00. The fraction of sp³-hybridized carbons (Fsp3) is 1.00. The Kier molecular flexibility index (Phi) is 2.17. The van der Waals surface area contributed by atoms with Gasteiger partial charge in [0, 0.05) is 0 Å². The first kappa shape index (κ1) is 12.0. The Hall–Kier alpha value is -0.0800. The fourth-order valence-electron chi connectivity index (χ4n) is 4.96.